The van der Waals surface area contributed by atoms with E-state index in [1.165, 1.54) is 24.5 Å². The zero-order valence-electron chi connectivity index (χ0n) is 12.0. The molecule has 1 N–H and O–H groups in total. The van der Waals surface area contributed by atoms with Crippen molar-refractivity contribution >= 4 is 23.2 Å². The molecule has 1 aromatic heterocycles. The molecule has 8 heteroatoms. The highest BCUT2D eigenvalue weighted by molar-refractivity contribution is 6.31. The van der Waals surface area contributed by atoms with Crippen LogP contribution in [0.1, 0.15) is 40.5 Å². The van der Waals surface area contributed by atoms with Crippen molar-refractivity contribution in [3.05, 3.63) is 62.7 Å². The molecule has 118 valence electrons. The van der Waals surface area contributed by atoms with Crippen LogP contribution in [0, 0.1) is 10.1 Å². The number of hydrogen-bond donors (Lipinski definition) is 1. The second-order valence-corrected chi connectivity index (χ2v) is 5.75. The number of carbonyl (C=O) groups is 1. The fraction of sp³-hybridized carbons (Fsp3) is 0.267. The van der Waals surface area contributed by atoms with Crippen molar-refractivity contribution in [2.45, 2.75) is 25.3 Å². The third-order valence-corrected chi connectivity index (χ3v) is 3.81. The SMILES string of the molecule is O=C(NCc1cc(C2CC2)ncn1)c1cc(Cl)ccc1[N+](=O)[O-]. The van der Waals surface area contributed by atoms with E-state index in [1.807, 2.05) is 6.07 Å². The summed E-state index contributed by atoms with van der Waals surface area (Å²) in [5, 5.41) is 13.9. The normalized spacial score (nSPS) is 13.6. The molecule has 23 heavy (non-hydrogen) atoms. The van der Waals surface area contributed by atoms with Crippen LogP contribution in [0.4, 0.5) is 5.69 Å². The van der Waals surface area contributed by atoms with E-state index in [0.29, 0.717) is 11.6 Å². The highest BCUT2D eigenvalue weighted by Crippen LogP contribution is 2.38. The quantitative estimate of drug-likeness (QED) is 0.670. The van der Waals surface area contributed by atoms with Gasteiger partial charge in [0.15, 0.2) is 0 Å². The van der Waals surface area contributed by atoms with Crippen molar-refractivity contribution in [3.63, 3.8) is 0 Å². The van der Waals surface area contributed by atoms with Crippen molar-refractivity contribution in [1.82, 2.24) is 15.3 Å². The maximum Gasteiger partial charge on any atom is 0.282 e. The summed E-state index contributed by atoms with van der Waals surface area (Å²) in [6.07, 6.45) is 3.71. The number of benzene rings is 1. The summed E-state index contributed by atoms with van der Waals surface area (Å²) >= 11 is 5.82. The van der Waals surface area contributed by atoms with Crippen molar-refractivity contribution in [3.8, 4) is 0 Å². The van der Waals surface area contributed by atoms with Crippen LogP contribution in [0.5, 0.6) is 0 Å². The number of aromatic nitrogens is 2. The Balaban J connectivity index is 1.73. The van der Waals surface area contributed by atoms with Gasteiger partial charge in [-0.25, -0.2) is 9.97 Å². The number of amides is 1. The Labute approximate surface area is 136 Å². The van der Waals surface area contributed by atoms with Crippen LogP contribution in [0.25, 0.3) is 0 Å². The van der Waals surface area contributed by atoms with Crippen molar-refractivity contribution < 1.29 is 9.72 Å². The molecule has 1 aliphatic carbocycles. The van der Waals surface area contributed by atoms with Crippen LogP contribution in [0.15, 0.2) is 30.6 Å². The van der Waals surface area contributed by atoms with Gasteiger partial charge in [-0.05, 0) is 31.0 Å². The second-order valence-electron chi connectivity index (χ2n) is 5.31. The van der Waals surface area contributed by atoms with Gasteiger partial charge in [-0.1, -0.05) is 11.6 Å². The monoisotopic (exact) mass is 332 g/mol. The molecule has 0 unspecified atom stereocenters. The molecule has 7 nitrogen and oxygen atoms in total. The molecule has 0 spiro atoms. The molecule has 2 aromatic rings. The molecule has 1 amide bonds. The van der Waals surface area contributed by atoms with E-state index in [4.69, 9.17) is 11.6 Å². The van der Waals surface area contributed by atoms with Gasteiger partial charge < -0.3 is 5.32 Å². The number of carbonyl (C=O) groups excluding carboxylic acids is 1. The first-order chi connectivity index (χ1) is 11.0. The topological polar surface area (TPSA) is 98.0 Å². The summed E-state index contributed by atoms with van der Waals surface area (Å²) < 4.78 is 0. The first-order valence-electron chi connectivity index (χ1n) is 7.07. The summed E-state index contributed by atoms with van der Waals surface area (Å²) in [7, 11) is 0. The third kappa shape index (κ3) is 3.62. The minimum Gasteiger partial charge on any atom is -0.346 e. The van der Waals surface area contributed by atoms with Crippen LogP contribution in [0.2, 0.25) is 5.02 Å². The molecule has 1 fully saturated rings. The van der Waals surface area contributed by atoms with Gasteiger partial charge in [-0.3, -0.25) is 14.9 Å². The van der Waals surface area contributed by atoms with Gasteiger partial charge in [0.1, 0.15) is 11.9 Å². The van der Waals surface area contributed by atoms with E-state index in [1.54, 1.807) is 0 Å². The fourth-order valence-electron chi connectivity index (χ4n) is 2.23. The van der Waals surface area contributed by atoms with Crippen LogP contribution in [-0.4, -0.2) is 20.8 Å². The minimum atomic E-state index is -0.610. The second kappa shape index (κ2) is 6.29. The van der Waals surface area contributed by atoms with Crippen LogP contribution in [-0.2, 0) is 6.54 Å². The lowest BCUT2D eigenvalue weighted by Crippen LogP contribution is -2.24. The van der Waals surface area contributed by atoms with Crippen molar-refractivity contribution in [2.75, 3.05) is 0 Å². The zero-order valence-corrected chi connectivity index (χ0v) is 12.8. The Kier molecular flexibility index (Phi) is 4.20. The summed E-state index contributed by atoms with van der Waals surface area (Å²) in [6, 6.07) is 5.73. The van der Waals surface area contributed by atoms with Gasteiger partial charge in [0.2, 0.25) is 0 Å². The standard InChI is InChI=1S/C15H13ClN4O3/c16-10-3-4-14(20(22)23)12(5-10)15(21)17-7-11-6-13(9-1-2-9)19-8-18-11/h3-6,8-9H,1-2,7H2,(H,17,21). The van der Waals surface area contributed by atoms with Gasteiger partial charge in [-0.2, -0.15) is 0 Å². The highest BCUT2D eigenvalue weighted by atomic mass is 35.5. The lowest BCUT2D eigenvalue weighted by Gasteiger charge is -2.07. The predicted molar refractivity (Wildman–Crippen MR) is 83.3 cm³/mol. The number of nitro groups is 1. The summed E-state index contributed by atoms with van der Waals surface area (Å²) in [5.74, 6) is -0.0766. The Morgan fingerprint density at radius 1 is 1.35 bits per heavy atom. The van der Waals surface area contributed by atoms with Crippen LogP contribution >= 0.6 is 11.6 Å². The Bertz CT molecular complexity index is 777. The van der Waals surface area contributed by atoms with Gasteiger partial charge in [0.05, 0.1) is 17.2 Å². The first kappa shape index (κ1) is 15.4. The summed E-state index contributed by atoms with van der Waals surface area (Å²) in [4.78, 5) is 30.9. The van der Waals surface area contributed by atoms with Gasteiger partial charge >= 0.3 is 0 Å². The van der Waals surface area contributed by atoms with Crippen LogP contribution in [0.3, 0.4) is 0 Å². The predicted octanol–water partition coefficient (Wildman–Crippen LogP) is 2.85. The summed E-state index contributed by atoms with van der Waals surface area (Å²) in [5.41, 5.74) is 1.28. The number of nitrogens with zero attached hydrogens (tertiary/aromatic N) is 3. The Morgan fingerprint density at radius 3 is 2.83 bits per heavy atom. The van der Waals surface area contributed by atoms with E-state index in [2.05, 4.69) is 15.3 Å². The molecular formula is C15H13ClN4O3. The maximum atomic E-state index is 12.2. The first-order valence-corrected chi connectivity index (χ1v) is 7.45. The molecule has 1 heterocycles. The van der Waals surface area contributed by atoms with Crippen molar-refractivity contribution in [1.29, 1.82) is 0 Å². The van der Waals surface area contributed by atoms with Gasteiger partial charge in [-0.15, -0.1) is 0 Å². The Morgan fingerprint density at radius 2 is 2.13 bits per heavy atom. The number of hydrogen-bond acceptors (Lipinski definition) is 5. The number of rotatable bonds is 5. The van der Waals surface area contributed by atoms with E-state index in [0.717, 1.165) is 18.5 Å². The molecule has 0 bridgehead atoms. The fourth-order valence-corrected chi connectivity index (χ4v) is 2.40. The molecule has 0 atom stereocenters. The number of nitro benzene ring substituents is 1. The van der Waals surface area contributed by atoms with E-state index >= 15 is 0 Å². The average molecular weight is 333 g/mol. The smallest absolute Gasteiger partial charge is 0.282 e. The van der Waals surface area contributed by atoms with Crippen LogP contribution < -0.4 is 5.32 Å². The average Bonchev–Trinajstić information content (AvgIpc) is 3.37. The third-order valence-electron chi connectivity index (χ3n) is 3.57. The lowest BCUT2D eigenvalue weighted by molar-refractivity contribution is -0.385. The molecule has 0 aliphatic heterocycles. The molecule has 0 saturated heterocycles. The molecule has 3 rings (SSSR count). The lowest BCUT2D eigenvalue weighted by atomic mass is 10.1. The van der Waals surface area contributed by atoms with Gasteiger partial charge in [0, 0.05) is 22.7 Å². The molecule has 1 aromatic carbocycles. The minimum absolute atomic E-state index is 0.0704. The van der Waals surface area contributed by atoms with E-state index in [9.17, 15) is 14.9 Å². The highest BCUT2D eigenvalue weighted by Gasteiger charge is 2.25. The Hall–Kier alpha value is -2.54. The molecular weight excluding hydrogens is 320 g/mol. The number of nitrogens with one attached hydrogen (secondary N) is 1. The van der Waals surface area contributed by atoms with E-state index in [-0.39, 0.29) is 22.8 Å². The van der Waals surface area contributed by atoms with Crippen molar-refractivity contribution in [2.24, 2.45) is 0 Å². The van der Waals surface area contributed by atoms with Gasteiger partial charge in [0.25, 0.3) is 11.6 Å². The molecule has 0 radical (unpaired) electrons. The summed E-state index contributed by atoms with van der Waals surface area (Å²) in [6.45, 7) is 0.171. The molecule has 1 saturated carbocycles. The maximum absolute atomic E-state index is 12.2. The zero-order chi connectivity index (χ0) is 16.4. The molecule has 1 aliphatic rings. The van der Waals surface area contributed by atoms with E-state index < -0.39 is 10.8 Å². The number of halogens is 1. The largest absolute Gasteiger partial charge is 0.346 e.